The third kappa shape index (κ3) is 3.19. The first-order chi connectivity index (χ1) is 8.07. The van der Waals surface area contributed by atoms with Gasteiger partial charge in [-0.25, -0.2) is 0 Å². The van der Waals surface area contributed by atoms with Crippen molar-refractivity contribution in [2.45, 2.75) is 11.5 Å². The van der Waals surface area contributed by atoms with E-state index in [2.05, 4.69) is 5.32 Å². The van der Waals surface area contributed by atoms with Crippen LogP contribution in [0.3, 0.4) is 0 Å². The maximum Gasteiger partial charge on any atom is 0.255 e. The highest BCUT2D eigenvalue weighted by atomic mass is 35.5. The summed E-state index contributed by atoms with van der Waals surface area (Å²) < 4.78 is 0. The van der Waals surface area contributed by atoms with Crippen LogP contribution in [0.5, 0.6) is 0 Å². The quantitative estimate of drug-likeness (QED) is 0.791. The number of anilines is 1. The summed E-state index contributed by atoms with van der Waals surface area (Å²) in [6.07, 6.45) is 4.77. The van der Waals surface area contributed by atoms with E-state index in [1.807, 2.05) is 30.3 Å². The van der Waals surface area contributed by atoms with Crippen molar-refractivity contribution in [3.63, 3.8) is 0 Å². The summed E-state index contributed by atoms with van der Waals surface area (Å²) in [4.78, 5) is 11.8. The van der Waals surface area contributed by atoms with Crippen molar-refractivity contribution in [1.29, 1.82) is 0 Å². The molecule has 1 amide bonds. The van der Waals surface area contributed by atoms with E-state index >= 15 is 0 Å². The lowest BCUT2D eigenvalue weighted by molar-refractivity contribution is -0.112. The van der Waals surface area contributed by atoms with Crippen LogP contribution in [0.1, 0.15) is 6.42 Å². The van der Waals surface area contributed by atoms with Gasteiger partial charge in [-0.15, -0.1) is 0 Å². The van der Waals surface area contributed by atoms with Crippen molar-refractivity contribution in [2.24, 2.45) is 0 Å². The van der Waals surface area contributed by atoms with Gasteiger partial charge in [0.25, 0.3) is 5.91 Å². The lowest BCUT2D eigenvalue weighted by Gasteiger charge is -2.18. The summed E-state index contributed by atoms with van der Waals surface area (Å²) >= 11 is 5.69. The molecule has 2 N–H and O–H groups in total. The average molecular weight is 250 g/mol. The predicted molar refractivity (Wildman–Crippen MR) is 67.7 cm³/mol. The number of amides is 1. The molecule has 1 aromatic carbocycles. The number of nitrogens with one attached hydrogen (secondary N) is 1. The fourth-order valence-electron chi connectivity index (χ4n) is 1.50. The first-order valence-corrected chi connectivity index (χ1v) is 5.62. The van der Waals surface area contributed by atoms with E-state index in [9.17, 15) is 9.90 Å². The first kappa shape index (κ1) is 11.9. The Morgan fingerprint density at radius 1 is 1.35 bits per heavy atom. The molecule has 0 bridgehead atoms. The number of para-hydroxylation sites is 1. The van der Waals surface area contributed by atoms with Gasteiger partial charge in [0.2, 0.25) is 0 Å². The minimum absolute atomic E-state index is 0.209. The number of aliphatic hydroxyl groups is 1. The molecule has 4 heteroatoms. The fraction of sp³-hybridized carbons (Fsp3) is 0.154. The van der Waals surface area contributed by atoms with Gasteiger partial charge in [-0.1, -0.05) is 35.9 Å². The molecule has 2 rings (SSSR count). The van der Waals surface area contributed by atoms with Crippen molar-refractivity contribution in [1.82, 2.24) is 0 Å². The molecule has 0 saturated heterocycles. The van der Waals surface area contributed by atoms with Gasteiger partial charge in [-0.2, -0.15) is 0 Å². The van der Waals surface area contributed by atoms with Gasteiger partial charge in [0.15, 0.2) is 5.06 Å². The number of carbonyl (C=O) groups excluding carboxylic acids is 1. The summed E-state index contributed by atoms with van der Waals surface area (Å²) in [5.41, 5.74) is 1.23. The standard InChI is InChI=1S/C13H12ClNO2/c14-13(17)8-6-10(7-9-13)12(16)15-11-4-2-1-3-5-11/h1-8,17H,9H2,(H,15,16). The van der Waals surface area contributed by atoms with Crippen LogP contribution in [0, 0.1) is 0 Å². The Kier molecular flexibility index (Phi) is 3.31. The van der Waals surface area contributed by atoms with E-state index in [-0.39, 0.29) is 12.3 Å². The molecule has 3 nitrogen and oxygen atoms in total. The van der Waals surface area contributed by atoms with Gasteiger partial charge in [0.05, 0.1) is 0 Å². The molecule has 1 unspecified atom stereocenters. The molecule has 0 spiro atoms. The molecule has 0 aliphatic heterocycles. The first-order valence-electron chi connectivity index (χ1n) is 5.24. The number of rotatable bonds is 2. The Morgan fingerprint density at radius 2 is 2.06 bits per heavy atom. The van der Waals surface area contributed by atoms with Crippen LogP contribution < -0.4 is 5.32 Å². The monoisotopic (exact) mass is 249 g/mol. The van der Waals surface area contributed by atoms with E-state index in [1.54, 1.807) is 6.08 Å². The molecule has 1 aliphatic carbocycles. The Labute approximate surface area is 104 Å². The minimum Gasteiger partial charge on any atom is -0.371 e. The predicted octanol–water partition coefficient (Wildman–Crippen LogP) is 2.44. The average Bonchev–Trinajstić information content (AvgIpc) is 2.30. The molecule has 1 aliphatic rings. The van der Waals surface area contributed by atoms with Gasteiger partial charge < -0.3 is 10.4 Å². The molecule has 0 radical (unpaired) electrons. The van der Waals surface area contributed by atoms with Crippen LogP contribution in [-0.2, 0) is 4.79 Å². The van der Waals surface area contributed by atoms with Crippen LogP contribution >= 0.6 is 11.6 Å². The Morgan fingerprint density at radius 3 is 2.65 bits per heavy atom. The number of hydrogen-bond acceptors (Lipinski definition) is 2. The largest absolute Gasteiger partial charge is 0.371 e. The van der Waals surface area contributed by atoms with Crippen LogP contribution in [0.15, 0.2) is 54.1 Å². The summed E-state index contributed by atoms with van der Waals surface area (Å²) in [5.74, 6) is -0.209. The van der Waals surface area contributed by atoms with Crippen LogP contribution in [0.25, 0.3) is 0 Å². The lowest BCUT2D eigenvalue weighted by atomic mass is 10.0. The molecule has 1 atom stereocenters. The highest BCUT2D eigenvalue weighted by molar-refractivity contribution is 6.24. The molecule has 0 aromatic heterocycles. The zero-order chi connectivity index (χ0) is 12.3. The molecule has 0 saturated carbocycles. The van der Waals surface area contributed by atoms with E-state index in [4.69, 9.17) is 11.6 Å². The molecule has 0 fully saturated rings. The van der Waals surface area contributed by atoms with Gasteiger partial charge >= 0.3 is 0 Å². The fourth-order valence-corrected chi connectivity index (χ4v) is 1.64. The molecule has 0 heterocycles. The summed E-state index contributed by atoms with van der Waals surface area (Å²) in [7, 11) is 0. The number of halogens is 1. The van der Waals surface area contributed by atoms with Crippen LogP contribution in [0.4, 0.5) is 5.69 Å². The van der Waals surface area contributed by atoms with E-state index < -0.39 is 5.06 Å². The normalized spacial score (nSPS) is 23.1. The van der Waals surface area contributed by atoms with Crippen molar-refractivity contribution in [3.8, 4) is 0 Å². The third-order valence-corrected chi connectivity index (χ3v) is 2.70. The Bertz CT molecular complexity index is 477. The van der Waals surface area contributed by atoms with E-state index in [0.29, 0.717) is 5.57 Å². The minimum atomic E-state index is -1.36. The lowest BCUT2D eigenvalue weighted by Crippen LogP contribution is -2.22. The Hall–Kier alpha value is -1.58. The van der Waals surface area contributed by atoms with Crippen LogP contribution in [0.2, 0.25) is 0 Å². The van der Waals surface area contributed by atoms with Gasteiger partial charge in [-0.05, 0) is 24.3 Å². The topological polar surface area (TPSA) is 49.3 Å². The maximum absolute atomic E-state index is 11.8. The van der Waals surface area contributed by atoms with Crippen molar-refractivity contribution >= 4 is 23.2 Å². The van der Waals surface area contributed by atoms with Crippen molar-refractivity contribution < 1.29 is 9.90 Å². The SMILES string of the molecule is O=C(Nc1ccccc1)C1=CCC(O)(Cl)C=C1. The number of alkyl halides is 1. The molecule has 1 aromatic rings. The number of carbonyl (C=O) groups is 1. The van der Waals surface area contributed by atoms with Gasteiger partial charge in [0.1, 0.15) is 0 Å². The summed E-state index contributed by atoms with van der Waals surface area (Å²) in [6, 6.07) is 9.19. The summed E-state index contributed by atoms with van der Waals surface area (Å²) in [5, 5.41) is 10.9. The number of hydrogen-bond donors (Lipinski definition) is 2. The van der Waals surface area contributed by atoms with E-state index in [1.165, 1.54) is 12.2 Å². The maximum atomic E-state index is 11.8. The molecular formula is C13H12ClNO2. The second-order valence-corrected chi connectivity index (χ2v) is 4.49. The number of benzene rings is 1. The van der Waals surface area contributed by atoms with Crippen molar-refractivity contribution in [2.75, 3.05) is 5.32 Å². The molecular weight excluding hydrogens is 238 g/mol. The molecule has 17 heavy (non-hydrogen) atoms. The van der Waals surface area contributed by atoms with Crippen LogP contribution in [-0.4, -0.2) is 16.1 Å². The zero-order valence-electron chi connectivity index (χ0n) is 9.06. The van der Waals surface area contributed by atoms with Crippen molar-refractivity contribution in [3.05, 3.63) is 54.1 Å². The van der Waals surface area contributed by atoms with Gasteiger partial charge in [0, 0.05) is 17.7 Å². The van der Waals surface area contributed by atoms with Gasteiger partial charge in [-0.3, -0.25) is 4.79 Å². The third-order valence-electron chi connectivity index (χ3n) is 2.42. The second-order valence-electron chi connectivity index (χ2n) is 3.84. The molecule has 88 valence electrons. The second kappa shape index (κ2) is 4.73. The highest BCUT2D eigenvalue weighted by Crippen LogP contribution is 2.25. The van der Waals surface area contributed by atoms with E-state index in [0.717, 1.165) is 5.69 Å². The zero-order valence-corrected chi connectivity index (χ0v) is 9.82. The Balaban J connectivity index is 2.04. The smallest absolute Gasteiger partial charge is 0.255 e. The summed E-state index contributed by atoms with van der Waals surface area (Å²) in [6.45, 7) is 0. The highest BCUT2D eigenvalue weighted by Gasteiger charge is 2.23.